The van der Waals surface area contributed by atoms with E-state index in [0.29, 0.717) is 0 Å². The Kier molecular flexibility index (Phi) is 3.17. The first-order valence-corrected chi connectivity index (χ1v) is 8.54. The predicted octanol–water partition coefficient (Wildman–Crippen LogP) is 4.10. The van der Waals surface area contributed by atoms with E-state index in [1.165, 1.54) is 49.2 Å². The molecular weight excluding hydrogens is 246 g/mol. The van der Waals surface area contributed by atoms with Gasteiger partial charge in [0, 0.05) is 24.4 Å². The molecule has 20 heavy (non-hydrogen) atoms. The highest BCUT2D eigenvalue weighted by molar-refractivity contribution is 5.26. The van der Waals surface area contributed by atoms with Crippen molar-refractivity contribution in [2.75, 3.05) is 7.05 Å². The Hall–Kier alpha value is -0.760. The fraction of sp³-hybridized carbons (Fsp3) is 0.778. The molecule has 0 saturated heterocycles. The first-order valence-electron chi connectivity index (χ1n) is 8.54. The van der Waals surface area contributed by atoms with Gasteiger partial charge in [0.1, 0.15) is 11.5 Å². The summed E-state index contributed by atoms with van der Waals surface area (Å²) in [6.07, 6.45) is 8.44. The van der Waals surface area contributed by atoms with Gasteiger partial charge in [-0.05, 0) is 68.9 Å². The third-order valence-electron chi connectivity index (χ3n) is 6.16. The molecule has 4 fully saturated rings. The molecule has 2 nitrogen and oxygen atoms in total. The summed E-state index contributed by atoms with van der Waals surface area (Å²) in [5.41, 5.74) is 1.39. The number of rotatable bonds is 4. The fourth-order valence-electron chi connectivity index (χ4n) is 5.68. The van der Waals surface area contributed by atoms with Gasteiger partial charge in [0.15, 0.2) is 0 Å². The zero-order valence-electron chi connectivity index (χ0n) is 12.8. The normalized spacial score (nSPS) is 38.6. The number of furan rings is 1. The lowest BCUT2D eigenvalue weighted by atomic mass is 9.51. The Balaban J connectivity index is 1.64. The van der Waals surface area contributed by atoms with Crippen molar-refractivity contribution in [2.45, 2.75) is 57.9 Å². The average Bonchev–Trinajstić information content (AvgIpc) is 2.81. The molecule has 1 heterocycles. The van der Waals surface area contributed by atoms with Gasteiger partial charge in [0.05, 0.1) is 0 Å². The number of hydrogen-bond acceptors (Lipinski definition) is 2. The number of aryl methyl sites for hydroxylation is 1. The van der Waals surface area contributed by atoms with E-state index in [1.807, 2.05) is 7.05 Å². The van der Waals surface area contributed by atoms with Crippen LogP contribution in [-0.4, -0.2) is 7.05 Å². The zero-order valence-corrected chi connectivity index (χ0v) is 12.8. The first kappa shape index (κ1) is 12.9. The van der Waals surface area contributed by atoms with Crippen molar-refractivity contribution in [1.82, 2.24) is 5.32 Å². The first-order chi connectivity index (χ1) is 9.78. The van der Waals surface area contributed by atoms with Crippen molar-refractivity contribution in [1.29, 1.82) is 0 Å². The molecule has 2 heteroatoms. The second kappa shape index (κ2) is 4.91. The third kappa shape index (κ3) is 1.95. The maximum atomic E-state index is 6.30. The van der Waals surface area contributed by atoms with Crippen LogP contribution in [0.1, 0.15) is 62.0 Å². The van der Waals surface area contributed by atoms with Crippen LogP contribution in [0.4, 0.5) is 0 Å². The molecule has 4 saturated carbocycles. The largest absolute Gasteiger partial charge is 0.465 e. The highest BCUT2D eigenvalue weighted by Crippen LogP contribution is 2.60. The minimum Gasteiger partial charge on any atom is -0.465 e. The van der Waals surface area contributed by atoms with Crippen molar-refractivity contribution in [3.63, 3.8) is 0 Å². The summed E-state index contributed by atoms with van der Waals surface area (Å²) < 4.78 is 6.30. The second-order valence-electron chi connectivity index (χ2n) is 7.44. The quantitative estimate of drug-likeness (QED) is 0.893. The van der Waals surface area contributed by atoms with E-state index in [-0.39, 0.29) is 0 Å². The molecule has 0 aromatic carbocycles. The summed E-state index contributed by atoms with van der Waals surface area (Å²) in [6, 6.07) is 2.38. The van der Waals surface area contributed by atoms with Crippen LogP contribution < -0.4 is 5.32 Å². The molecule has 1 aromatic rings. The van der Waals surface area contributed by atoms with Crippen LogP contribution in [0.25, 0.3) is 0 Å². The maximum absolute atomic E-state index is 6.30. The van der Waals surface area contributed by atoms with Crippen molar-refractivity contribution in [3.05, 3.63) is 23.2 Å². The van der Waals surface area contributed by atoms with Gasteiger partial charge in [-0.2, -0.15) is 0 Å². The van der Waals surface area contributed by atoms with Crippen LogP contribution in [0.5, 0.6) is 0 Å². The Morgan fingerprint density at radius 1 is 1.10 bits per heavy atom. The summed E-state index contributed by atoms with van der Waals surface area (Å²) in [5, 5.41) is 3.28. The SMILES string of the molecule is CCc1oc(C2C3CC4CC(C3)CC2C4)cc1CNC. The topological polar surface area (TPSA) is 25.2 Å². The van der Waals surface area contributed by atoms with E-state index in [1.54, 1.807) is 0 Å². The smallest absolute Gasteiger partial charge is 0.108 e. The molecule has 1 aromatic heterocycles. The summed E-state index contributed by atoms with van der Waals surface area (Å²) in [6.45, 7) is 3.15. The molecule has 110 valence electrons. The maximum Gasteiger partial charge on any atom is 0.108 e. The van der Waals surface area contributed by atoms with Gasteiger partial charge in [-0.15, -0.1) is 0 Å². The van der Waals surface area contributed by atoms with Crippen LogP contribution in [0, 0.1) is 23.7 Å². The molecule has 0 amide bonds. The predicted molar refractivity (Wildman–Crippen MR) is 80.6 cm³/mol. The second-order valence-corrected chi connectivity index (χ2v) is 7.44. The molecule has 0 atom stereocenters. The van der Waals surface area contributed by atoms with E-state index < -0.39 is 0 Å². The van der Waals surface area contributed by atoms with Crippen LogP contribution in [0.15, 0.2) is 10.5 Å². The number of nitrogens with one attached hydrogen (secondary N) is 1. The van der Waals surface area contributed by atoms with Crippen LogP contribution in [0.2, 0.25) is 0 Å². The third-order valence-corrected chi connectivity index (χ3v) is 6.16. The molecule has 4 bridgehead atoms. The monoisotopic (exact) mass is 273 g/mol. The highest BCUT2D eigenvalue weighted by Gasteiger charge is 2.49. The van der Waals surface area contributed by atoms with Gasteiger partial charge in [0.25, 0.3) is 0 Å². The molecule has 1 N–H and O–H groups in total. The summed E-state index contributed by atoms with van der Waals surface area (Å²) >= 11 is 0. The molecule has 0 aliphatic heterocycles. The minimum atomic E-state index is 0.735. The molecule has 4 aliphatic rings. The van der Waals surface area contributed by atoms with Gasteiger partial charge in [-0.3, -0.25) is 0 Å². The van der Waals surface area contributed by atoms with Gasteiger partial charge in [-0.1, -0.05) is 6.92 Å². The summed E-state index contributed by atoms with van der Waals surface area (Å²) in [7, 11) is 2.02. The Labute approximate surface area is 122 Å². The van der Waals surface area contributed by atoms with Gasteiger partial charge >= 0.3 is 0 Å². The summed E-state index contributed by atoms with van der Waals surface area (Å²) in [5.74, 6) is 7.20. The van der Waals surface area contributed by atoms with Crippen LogP contribution in [0.3, 0.4) is 0 Å². The van der Waals surface area contributed by atoms with E-state index in [9.17, 15) is 0 Å². The van der Waals surface area contributed by atoms with Gasteiger partial charge < -0.3 is 9.73 Å². The summed E-state index contributed by atoms with van der Waals surface area (Å²) in [4.78, 5) is 0. The molecule has 4 aliphatic carbocycles. The average molecular weight is 273 g/mol. The lowest BCUT2D eigenvalue weighted by molar-refractivity contribution is -0.00989. The van der Waals surface area contributed by atoms with Crippen molar-refractivity contribution < 1.29 is 4.42 Å². The van der Waals surface area contributed by atoms with Crippen molar-refractivity contribution in [2.24, 2.45) is 23.7 Å². The molecule has 0 spiro atoms. The fourth-order valence-corrected chi connectivity index (χ4v) is 5.68. The highest BCUT2D eigenvalue weighted by atomic mass is 16.3. The van der Waals surface area contributed by atoms with E-state index >= 15 is 0 Å². The molecule has 5 rings (SSSR count). The van der Waals surface area contributed by atoms with Crippen molar-refractivity contribution in [3.8, 4) is 0 Å². The lowest BCUT2D eigenvalue weighted by Crippen LogP contribution is -2.43. The van der Waals surface area contributed by atoms with Crippen LogP contribution in [-0.2, 0) is 13.0 Å². The van der Waals surface area contributed by atoms with E-state index in [2.05, 4.69) is 18.3 Å². The van der Waals surface area contributed by atoms with Gasteiger partial charge in [0.2, 0.25) is 0 Å². The molecule has 0 radical (unpaired) electrons. The molecule has 0 unspecified atom stereocenters. The lowest BCUT2D eigenvalue weighted by Gasteiger charge is -2.53. The Morgan fingerprint density at radius 3 is 2.30 bits per heavy atom. The van der Waals surface area contributed by atoms with Crippen LogP contribution >= 0.6 is 0 Å². The Bertz CT molecular complexity index is 462. The molecular formula is C18H27NO. The number of hydrogen-bond donors (Lipinski definition) is 1. The van der Waals surface area contributed by atoms with E-state index in [4.69, 9.17) is 4.42 Å². The van der Waals surface area contributed by atoms with Crippen molar-refractivity contribution >= 4 is 0 Å². The standard InChI is InChI=1S/C18H27NO/c1-3-16-15(10-19-2)9-17(20-16)18-13-5-11-4-12(7-13)8-14(18)6-11/h9,11-14,18-19H,3-8,10H2,1-2H3. The van der Waals surface area contributed by atoms with Gasteiger partial charge in [-0.25, -0.2) is 0 Å². The minimum absolute atomic E-state index is 0.735. The van der Waals surface area contributed by atoms with E-state index in [0.717, 1.165) is 42.6 Å². The Morgan fingerprint density at radius 2 is 1.75 bits per heavy atom. The zero-order chi connectivity index (χ0) is 13.7.